The minimum Gasteiger partial charge on any atom is -0.297 e. The molecule has 0 atom stereocenters. The topological polar surface area (TPSA) is 38.1 Å². The van der Waals surface area contributed by atoms with E-state index in [0.29, 0.717) is 12.4 Å². The van der Waals surface area contributed by atoms with Crippen LogP contribution in [0.3, 0.4) is 0 Å². The predicted molar refractivity (Wildman–Crippen MR) is 59.1 cm³/mol. The quantitative estimate of drug-likeness (QED) is 0.541. The van der Waals surface area contributed by atoms with Gasteiger partial charge in [0, 0.05) is 6.07 Å². The summed E-state index contributed by atoms with van der Waals surface area (Å²) in [5, 5.41) is 0.206. The van der Waals surface area contributed by atoms with Gasteiger partial charge in [0.25, 0.3) is 0 Å². The lowest BCUT2D eigenvalue weighted by Crippen LogP contribution is -2.34. The summed E-state index contributed by atoms with van der Waals surface area (Å²) < 4.78 is 3.31. The van der Waals surface area contributed by atoms with Crippen LogP contribution in [0.5, 0.6) is 0 Å². The van der Waals surface area contributed by atoms with Crippen molar-refractivity contribution in [3.8, 4) is 0 Å². The highest BCUT2D eigenvalue weighted by Gasteiger charge is 2.35. The zero-order valence-corrected chi connectivity index (χ0v) is 9.51. The van der Waals surface area contributed by atoms with Crippen molar-refractivity contribution >= 4 is 30.2 Å². The lowest BCUT2D eigenvalue weighted by Gasteiger charge is -2.26. The Bertz CT molecular complexity index is 443. The SMILES string of the molecule is CC1(C)Cn2c(cc(Cl)nc2=O)N1S. The van der Waals surface area contributed by atoms with E-state index in [0.717, 1.165) is 0 Å². The molecule has 0 saturated carbocycles. The summed E-state index contributed by atoms with van der Waals surface area (Å²) in [6.45, 7) is 4.58. The van der Waals surface area contributed by atoms with E-state index in [2.05, 4.69) is 17.8 Å². The summed E-state index contributed by atoms with van der Waals surface area (Å²) in [6.07, 6.45) is 0. The van der Waals surface area contributed by atoms with E-state index in [1.165, 1.54) is 0 Å². The number of thiol groups is 1. The number of hydrogen-bond acceptors (Lipinski definition) is 4. The zero-order chi connectivity index (χ0) is 10.5. The zero-order valence-electron chi connectivity index (χ0n) is 7.86. The molecule has 1 aromatic heterocycles. The summed E-state index contributed by atoms with van der Waals surface area (Å²) >= 11 is 10.0. The number of aromatic nitrogens is 2. The second-order valence-corrected chi connectivity index (χ2v) is 4.72. The van der Waals surface area contributed by atoms with Crippen molar-refractivity contribution < 1.29 is 0 Å². The van der Waals surface area contributed by atoms with Gasteiger partial charge in [-0.15, -0.1) is 0 Å². The Morgan fingerprint density at radius 1 is 1.64 bits per heavy atom. The molecule has 76 valence electrons. The second-order valence-electron chi connectivity index (χ2n) is 3.93. The summed E-state index contributed by atoms with van der Waals surface area (Å²) in [5.74, 6) is 0.698. The molecule has 0 aliphatic carbocycles. The molecule has 0 bridgehead atoms. The molecule has 1 aliphatic rings. The molecule has 1 aromatic rings. The number of hydrogen-bond donors (Lipinski definition) is 1. The molecule has 0 N–H and O–H groups in total. The summed E-state index contributed by atoms with van der Waals surface area (Å²) in [5.41, 5.74) is -0.515. The monoisotopic (exact) mass is 231 g/mol. The van der Waals surface area contributed by atoms with Crippen LogP contribution in [0, 0.1) is 0 Å². The maximum atomic E-state index is 11.5. The van der Waals surface area contributed by atoms with E-state index < -0.39 is 0 Å². The van der Waals surface area contributed by atoms with E-state index in [-0.39, 0.29) is 16.4 Å². The Balaban J connectivity index is 2.65. The molecule has 0 unspecified atom stereocenters. The number of nitrogens with zero attached hydrogens (tertiary/aromatic N) is 3. The molecular formula is C8H10ClN3OS. The van der Waals surface area contributed by atoms with E-state index in [1.54, 1.807) is 14.9 Å². The van der Waals surface area contributed by atoms with Crippen LogP contribution in [-0.4, -0.2) is 15.1 Å². The average molecular weight is 232 g/mol. The molecule has 0 fully saturated rings. The fraction of sp³-hybridized carbons (Fsp3) is 0.500. The van der Waals surface area contributed by atoms with Gasteiger partial charge in [-0.2, -0.15) is 4.98 Å². The first kappa shape index (κ1) is 9.86. The van der Waals surface area contributed by atoms with Crippen molar-refractivity contribution in [1.29, 1.82) is 0 Å². The van der Waals surface area contributed by atoms with Gasteiger partial charge in [-0.05, 0) is 13.8 Å². The highest BCUT2D eigenvalue weighted by Crippen LogP contribution is 2.33. The number of rotatable bonds is 0. The molecule has 1 aliphatic heterocycles. The summed E-state index contributed by atoms with van der Waals surface area (Å²) in [6, 6.07) is 1.64. The minimum absolute atomic E-state index is 0.193. The fourth-order valence-electron chi connectivity index (χ4n) is 1.55. The van der Waals surface area contributed by atoms with E-state index in [1.807, 2.05) is 13.8 Å². The molecule has 2 rings (SSSR count). The Kier molecular flexibility index (Phi) is 2.04. The smallest absolute Gasteiger partial charge is 0.297 e. The maximum Gasteiger partial charge on any atom is 0.350 e. The summed E-state index contributed by atoms with van der Waals surface area (Å²) in [4.78, 5) is 15.1. The van der Waals surface area contributed by atoms with Gasteiger partial charge in [-0.3, -0.25) is 8.87 Å². The highest BCUT2D eigenvalue weighted by atomic mass is 35.5. The predicted octanol–water partition coefficient (Wildman–Crippen LogP) is 1.34. The van der Waals surface area contributed by atoms with Crippen molar-refractivity contribution in [2.75, 3.05) is 4.31 Å². The van der Waals surface area contributed by atoms with Crippen molar-refractivity contribution in [1.82, 2.24) is 9.55 Å². The molecule has 4 nitrogen and oxygen atoms in total. The number of fused-ring (bicyclic) bond motifs is 1. The van der Waals surface area contributed by atoms with Crippen molar-refractivity contribution in [2.24, 2.45) is 0 Å². The van der Waals surface area contributed by atoms with Crippen LogP contribution >= 0.6 is 24.4 Å². The van der Waals surface area contributed by atoms with E-state index >= 15 is 0 Å². The molecule has 6 heteroatoms. The third-order valence-electron chi connectivity index (χ3n) is 2.29. The lowest BCUT2D eigenvalue weighted by atomic mass is 10.1. The number of halogens is 1. The Morgan fingerprint density at radius 2 is 2.29 bits per heavy atom. The molecule has 0 saturated heterocycles. The van der Waals surface area contributed by atoms with Crippen LogP contribution in [0.15, 0.2) is 10.9 Å². The van der Waals surface area contributed by atoms with Crippen LogP contribution in [0.4, 0.5) is 5.82 Å². The Hall–Kier alpha value is -0.680. The second kappa shape index (κ2) is 2.90. The van der Waals surface area contributed by atoms with Crippen LogP contribution < -0.4 is 9.99 Å². The molecule has 2 heterocycles. The van der Waals surface area contributed by atoms with E-state index in [4.69, 9.17) is 11.6 Å². The van der Waals surface area contributed by atoms with Crippen molar-refractivity contribution in [3.63, 3.8) is 0 Å². The highest BCUT2D eigenvalue weighted by molar-refractivity contribution is 7.81. The normalized spacial score (nSPS) is 18.4. The first-order valence-corrected chi connectivity index (χ1v) is 4.96. The Morgan fingerprint density at radius 3 is 2.93 bits per heavy atom. The molecule has 0 spiro atoms. The standard InChI is InChI=1S/C8H10ClN3OS/c1-8(2)4-11-6(12(8)14)3-5(9)10-7(11)13/h3,14H,4H2,1-2H3. The van der Waals surface area contributed by atoms with Gasteiger partial charge in [-0.25, -0.2) is 4.79 Å². The Labute approximate surface area is 92.0 Å². The average Bonchev–Trinajstić information content (AvgIpc) is 2.28. The van der Waals surface area contributed by atoms with E-state index in [9.17, 15) is 4.79 Å². The summed E-state index contributed by atoms with van der Waals surface area (Å²) in [7, 11) is 0. The van der Waals surface area contributed by atoms with Gasteiger partial charge in [0.05, 0.1) is 12.1 Å². The molecule has 0 amide bonds. The molecular weight excluding hydrogens is 222 g/mol. The van der Waals surface area contributed by atoms with Crippen LogP contribution in [0.2, 0.25) is 5.15 Å². The maximum absolute atomic E-state index is 11.5. The molecule has 14 heavy (non-hydrogen) atoms. The molecule has 0 radical (unpaired) electrons. The van der Waals surface area contributed by atoms with Crippen LogP contribution in [0.25, 0.3) is 0 Å². The first-order chi connectivity index (χ1) is 6.42. The van der Waals surface area contributed by atoms with Gasteiger partial charge in [0.1, 0.15) is 11.0 Å². The molecule has 0 aromatic carbocycles. The van der Waals surface area contributed by atoms with Crippen molar-refractivity contribution in [2.45, 2.75) is 25.9 Å². The van der Waals surface area contributed by atoms with Gasteiger partial charge in [0.2, 0.25) is 0 Å². The number of anilines is 1. The van der Waals surface area contributed by atoms with Crippen LogP contribution in [0.1, 0.15) is 13.8 Å². The van der Waals surface area contributed by atoms with Crippen molar-refractivity contribution in [3.05, 3.63) is 21.7 Å². The first-order valence-electron chi connectivity index (χ1n) is 4.18. The third-order valence-corrected chi connectivity index (χ3v) is 3.23. The fourth-order valence-corrected chi connectivity index (χ4v) is 1.95. The largest absolute Gasteiger partial charge is 0.350 e. The minimum atomic E-state index is -0.322. The van der Waals surface area contributed by atoms with Gasteiger partial charge in [-0.1, -0.05) is 24.4 Å². The van der Waals surface area contributed by atoms with Gasteiger partial charge >= 0.3 is 5.69 Å². The third kappa shape index (κ3) is 1.31. The van der Waals surface area contributed by atoms with Gasteiger partial charge in [0.15, 0.2) is 0 Å². The lowest BCUT2D eigenvalue weighted by molar-refractivity contribution is 0.493. The van der Waals surface area contributed by atoms with Gasteiger partial charge < -0.3 is 0 Å². The van der Waals surface area contributed by atoms with Crippen LogP contribution in [-0.2, 0) is 6.54 Å².